The molecule has 33 heavy (non-hydrogen) atoms. The van der Waals surface area contributed by atoms with E-state index in [1.54, 1.807) is 17.8 Å². The van der Waals surface area contributed by atoms with Gasteiger partial charge in [0.25, 0.3) is 5.56 Å². The SMILES string of the molecule is Cc1ccccc1OCCCCn1cnc2sc(C(=O)OCc3ccccc3)c(C)c2c1=O. The highest BCUT2D eigenvalue weighted by atomic mass is 32.1. The largest absolute Gasteiger partial charge is 0.493 e. The molecule has 2 aromatic carbocycles. The van der Waals surface area contributed by atoms with Gasteiger partial charge in [-0.05, 0) is 49.4 Å². The van der Waals surface area contributed by atoms with Crippen LogP contribution < -0.4 is 10.3 Å². The molecule has 0 aliphatic carbocycles. The predicted octanol–water partition coefficient (Wildman–Crippen LogP) is 5.29. The number of thiophene rings is 1. The number of rotatable bonds is 9. The molecule has 7 heteroatoms. The van der Waals surface area contributed by atoms with Crippen molar-refractivity contribution in [2.45, 2.75) is 39.8 Å². The molecule has 6 nitrogen and oxygen atoms in total. The van der Waals surface area contributed by atoms with E-state index in [9.17, 15) is 9.59 Å². The zero-order valence-electron chi connectivity index (χ0n) is 18.7. The molecule has 0 bridgehead atoms. The van der Waals surface area contributed by atoms with E-state index in [-0.39, 0.29) is 12.2 Å². The molecule has 0 spiro atoms. The Kier molecular flexibility index (Phi) is 7.19. The second-order valence-electron chi connectivity index (χ2n) is 7.86. The molecule has 0 saturated heterocycles. The van der Waals surface area contributed by atoms with Crippen LogP contribution in [0, 0.1) is 13.8 Å². The minimum absolute atomic E-state index is 0.129. The molecule has 0 amide bonds. The van der Waals surface area contributed by atoms with Crippen molar-refractivity contribution in [1.29, 1.82) is 0 Å². The molecule has 0 atom stereocenters. The fraction of sp³-hybridized carbons (Fsp3) is 0.269. The summed E-state index contributed by atoms with van der Waals surface area (Å²) in [5.41, 5.74) is 2.52. The smallest absolute Gasteiger partial charge is 0.349 e. The van der Waals surface area contributed by atoms with Gasteiger partial charge in [-0.2, -0.15) is 0 Å². The first-order valence-electron chi connectivity index (χ1n) is 10.9. The molecule has 4 aromatic rings. The second-order valence-corrected chi connectivity index (χ2v) is 8.86. The lowest BCUT2D eigenvalue weighted by atomic mass is 10.2. The summed E-state index contributed by atoms with van der Waals surface area (Å²) in [7, 11) is 0. The Labute approximate surface area is 196 Å². The van der Waals surface area contributed by atoms with Gasteiger partial charge in [0.05, 0.1) is 18.3 Å². The van der Waals surface area contributed by atoms with Gasteiger partial charge in [0.1, 0.15) is 22.1 Å². The summed E-state index contributed by atoms with van der Waals surface area (Å²) in [5.74, 6) is 0.456. The molecule has 0 radical (unpaired) electrons. The van der Waals surface area contributed by atoms with Gasteiger partial charge >= 0.3 is 5.97 Å². The van der Waals surface area contributed by atoms with E-state index in [1.165, 1.54) is 11.3 Å². The second kappa shape index (κ2) is 10.4. The summed E-state index contributed by atoms with van der Waals surface area (Å²) < 4.78 is 12.9. The number of carbonyl (C=O) groups is 1. The number of aromatic nitrogens is 2. The van der Waals surface area contributed by atoms with Gasteiger partial charge in [-0.3, -0.25) is 9.36 Å². The first-order chi connectivity index (χ1) is 16.0. The zero-order valence-corrected chi connectivity index (χ0v) is 19.6. The molecule has 0 saturated carbocycles. The van der Waals surface area contributed by atoms with E-state index in [0.717, 1.165) is 29.7 Å². The molecule has 170 valence electrons. The number of hydrogen-bond acceptors (Lipinski definition) is 6. The summed E-state index contributed by atoms with van der Waals surface area (Å²) in [6.45, 7) is 5.12. The molecule has 2 heterocycles. The number of nitrogens with zero attached hydrogens (tertiary/aromatic N) is 2. The number of unbranched alkanes of at least 4 members (excludes halogenated alkanes) is 1. The summed E-state index contributed by atoms with van der Waals surface area (Å²) >= 11 is 1.20. The standard InChI is InChI=1S/C26H26N2O4S/c1-18-10-6-7-13-21(18)31-15-9-8-14-28-17-27-24-22(25(28)29)19(2)23(33-24)26(30)32-16-20-11-4-3-5-12-20/h3-7,10-13,17H,8-9,14-16H2,1-2H3. The lowest BCUT2D eigenvalue weighted by Crippen LogP contribution is -2.21. The van der Waals surface area contributed by atoms with Crippen molar-refractivity contribution in [2.75, 3.05) is 6.61 Å². The number of hydrogen-bond donors (Lipinski definition) is 0. The summed E-state index contributed by atoms with van der Waals surface area (Å²) in [4.78, 5) is 31.1. The van der Waals surface area contributed by atoms with Crippen LogP contribution in [0.3, 0.4) is 0 Å². The van der Waals surface area contributed by atoms with Crippen LogP contribution in [0.15, 0.2) is 65.7 Å². The van der Waals surface area contributed by atoms with Crippen molar-refractivity contribution in [3.8, 4) is 5.75 Å². The number of benzene rings is 2. The Morgan fingerprint density at radius 2 is 1.79 bits per heavy atom. The van der Waals surface area contributed by atoms with Gasteiger partial charge in [0.15, 0.2) is 0 Å². The number of para-hydroxylation sites is 1. The van der Waals surface area contributed by atoms with Crippen LogP contribution >= 0.6 is 11.3 Å². The van der Waals surface area contributed by atoms with E-state index < -0.39 is 5.97 Å². The topological polar surface area (TPSA) is 70.4 Å². The Hall–Kier alpha value is -3.45. The van der Waals surface area contributed by atoms with Gasteiger partial charge in [0, 0.05) is 6.54 Å². The normalized spacial score (nSPS) is 11.0. The van der Waals surface area contributed by atoms with Gasteiger partial charge in [-0.25, -0.2) is 9.78 Å². The highest BCUT2D eigenvalue weighted by Crippen LogP contribution is 2.27. The number of ether oxygens (including phenoxy) is 2. The van der Waals surface area contributed by atoms with E-state index in [1.807, 2.05) is 61.5 Å². The molecular weight excluding hydrogens is 436 g/mol. The molecule has 0 unspecified atom stereocenters. The Morgan fingerprint density at radius 3 is 2.58 bits per heavy atom. The molecule has 4 rings (SSSR count). The fourth-order valence-corrected chi connectivity index (χ4v) is 4.62. The third-order valence-corrected chi connectivity index (χ3v) is 6.64. The molecular formula is C26H26N2O4S. The quantitative estimate of drug-likeness (QED) is 0.250. The maximum Gasteiger partial charge on any atom is 0.349 e. The maximum atomic E-state index is 13.0. The van der Waals surface area contributed by atoms with Gasteiger partial charge < -0.3 is 9.47 Å². The Balaban J connectivity index is 1.38. The van der Waals surface area contributed by atoms with Gasteiger partial charge in [0.2, 0.25) is 0 Å². The Morgan fingerprint density at radius 1 is 1.03 bits per heavy atom. The number of aryl methyl sites for hydroxylation is 3. The number of carbonyl (C=O) groups excluding carboxylic acids is 1. The van der Waals surface area contributed by atoms with Gasteiger partial charge in [-0.15, -0.1) is 11.3 Å². The van der Waals surface area contributed by atoms with Crippen LogP contribution in [0.5, 0.6) is 5.75 Å². The number of fused-ring (bicyclic) bond motifs is 1. The lowest BCUT2D eigenvalue weighted by molar-refractivity contribution is 0.0478. The molecule has 0 aliphatic heterocycles. The zero-order chi connectivity index (χ0) is 23.2. The van der Waals surface area contributed by atoms with Crippen LogP contribution in [0.2, 0.25) is 0 Å². The van der Waals surface area contributed by atoms with Crippen LogP contribution in [0.1, 0.15) is 39.2 Å². The minimum Gasteiger partial charge on any atom is -0.493 e. The molecule has 0 aliphatic rings. The lowest BCUT2D eigenvalue weighted by Gasteiger charge is -2.09. The average molecular weight is 463 g/mol. The van der Waals surface area contributed by atoms with E-state index >= 15 is 0 Å². The van der Waals surface area contributed by atoms with Gasteiger partial charge in [-0.1, -0.05) is 48.5 Å². The highest BCUT2D eigenvalue weighted by molar-refractivity contribution is 7.20. The van der Waals surface area contributed by atoms with Crippen molar-refractivity contribution in [2.24, 2.45) is 0 Å². The summed E-state index contributed by atoms with van der Waals surface area (Å²) in [6.07, 6.45) is 3.16. The van der Waals surface area contributed by atoms with Crippen molar-refractivity contribution in [3.63, 3.8) is 0 Å². The van der Waals surface area contributed by atoms with E-state index in [4.69, 9.17) is 9.47 Å². The fourth-order valence-electron chi connectivity index (χ4n) is 3.59. The van der Waals surface area contributed by atoms with Crippen molar-refractivity contribution >= 4 is 27.5 Å². The average Bonchev–Trinajstić information content (AvgIpc) is 3.17. The van der Waals surface area contributed by atoms with Crippen LogP contribution in [0.4, 0.5) is 0 Å². The summed E-state index contributed by atoms with van der Waals surface area (Å²) in [6, 6.07) is 17.4. The van der Waals surface area contributed by atoms with Crippen molar-refractivity contribution < 1.29 is 14.3 Å². The van der Waals surface area contributed by atoms with Crippen molar-refractivity contribution in [1.82, 2.24) is 9.55 Å². The summed E-state index contributed by atoms with van der Waals surface area (Å²) in [5, 5.41) is 0.491. The molecule has 0 N–H and O–H groups in total. The third kappa shape index (κ3) is 5.31. The highest BCUT2D eigenvalue weighted by Gasteiger charge is 2.20. The van der Waals surface area contributed by atoms with Crippen LogP contribution in [0.25, 0.3) is 10.2 Å². The first kappa shape index (κ1) is 22.7. The molecule has 0 fully saturated rings. The maximum absolute atomic E-state index is 13.0. The van der Waals surface area contributed by atoms with Crippen molar-refractivity contribution in [3.05, 3.63) is 92.8 Å². The predicted molar refractivity (Wildman–Crippen MR) is 130 cm³/mol. The van der Waals surface area contributed by atoms with Crippen LogP contribution in [-0.2, 0) is 17.9 Å². The van der Waals surface area contributed by atoms with Crippen LogP contribution in [-0.4, -0.2) is 22.1 Å². The minimum atomic E-state index is -0.432. The number of esters is 1. The Bertz CT molecular complexity index is 1310. The monoisotopic (exact) mass is 462 g/mol. The first-order valence-corrected chi connectivity index (χ1v) is 11.7. The third-order valence-electron chi connectivity index (χ3n) is 5.46. The van der Waals surface area contributed by atoms with E-state index in [0.29, 0.717) is 33.8 Å². The molecule has 2 aromatic heterocycles. The van der Waals surface area contributed by atoms with E-state index in [2.05, 4.69) is 4.98 Å².